The number of carbonyl (C=O) groups excluding carboxylic acids is 1. The molecule has 2 aliphatic heterocycles. The fourth-order valence-electron chi connectivity index (χ4n) is 3.15. The van der Waals surface area contributed by atoms with Gasteiger partial charge in [-0.3, -0.25) is 14.9 Å². The minimum absolute atomic E-state index is 0.00000945. The van der Waals surface area contributed by atoms with Gasteiger partial charge in [-0.05, 0) is 31.7 Å². The first kappa shape index (κ1) is 12.2. The van der Waals surface area contributed by atoms with Gasteiger partial charge in [-0.25, -0.2) is 0 Å². The Morgan fingerprint density at radius 3 is 2.53 bits per heavy atom. The number of aliphatic hydroxyl groups excluding tert-OH is 1. The van der Waals surface area contributed by atoms with Crippen LogP contribution in [0.3, 0.4) is 0 Å². The van der Waals surface area contributed by atoms with Crippen molar-refractivity contribution < 1.29 is 19.2 Å². The second kappa shape index (κ2) is 4.34. The molecule has 2 saturated heterocycles. The van der Waals surface area contributed by atoms with Crippen LogP contribution in [-0.2, 0) is 0 Å². The van der Waals surface area contributed by atoms with E-state index in [0.717, 1.165) is 12.8 Å². The van der Waals surface area contributed by atoms with E-state index in [1.54, 1.807) is 4.90 Å². The maximum absolute atomic E-state index is 12.3. The third-order valence-corrected chi connectivity index (χ3v) is 3.93. The Labute approximate surface area is 109 Å². The number of fused-ring (bicyclic) bond motifs is 2. The van der Waals surface area contributed by atoms with Crippen LogP contribution in [0.15, 0.2) is 16.5 Å². The third kappa shape index (κ3) is 1.99. The predicted octanol–water partition coefficient (Wildman–Crippen LogP) is 1.32. The first-order valence-corrected chi connectivity index (χ1v) is 6.31. The van der Waals surface area contributed by atoms with E-state index in [1.165, 1.54) is 12.1 Å². The fourth-order valence-corrected chi connectivity index (χ4v) is 3.15. The summed E-state index contributed by atoms with van der Waals surface area (Å²) in [6.07, 6.45) is 2.54. The lowest BCUT2D eigenvalue weighted by atomic mass is 9.99. The molecule has 0 saturated carbocycles. The van der Waals surface area contributed by atoms with Crippen LogP contribution in [0, 0.1) is 10.1 Å². The van der Waals surface area contributed by atoms with Gasteiger partial charge in [0.15, 0.2) is 5.76 Å². The van der Waals surface area contributed by atoms with Crippen molar-refractivity contribution >= 4 is 11.8 Å². The summed E-state index contributed by atoms with van der Waals surface area (Å²) in [7, 11) is 0. The number of aliphatic hydroxyl groups is 1. The minimum atomic E-state index is -0.661. The molecule has 1 N–H and O–H groups in total. The number of hydrogen-bond acceptors (Lipinski definition) is 5. The summed E-state index contributed by atoms with van der Waals surface area (Å²) >= 11 is 0. The van der Waals surface area contributed by atoms with Crippen LogP contribution in [0.25, 0.3) is 0 Å². The van der Waals surface area contributed by atoms with E-state index in [-0.39, 0.29) is 29.9 Å². The largest absolute Gasteiger partial charge is 0.433 e. The number of hydrogen-bond donors (Lipinski definition) is 1. The van der Waals surface area contributed by atoms with Crippen molar-refractivity contribution in [2.45, 2.75) is 43.9 Å². The molecular weight excluding hydrogens is 252 g/mol. The molecule has 0 aromatic carbocycles. The summed E-state index contributed by atoms with van der Waals surface area (Å²) in [5.74, 6) is -0.736. The summed E-state index contributed by atoms with van der Waals surface area (Å²) in [5.41, 5.74) is 0. The standard InChI is InChI=1S/C12H14N2O5/c15-9-5-7-1-2-8(6-9)13(7)12(16)10-3-4-11(19-10)14(17)18/h3-4,7-9,15H,1-2,5-6H2. The summed E-state index contributed by atoms with van der Waals surface area (Å²) < 4.78 is 4.96. The molecule has 102 valence electrons. The average molecular weight is 266 g/mol. The van der Waals surface area contributed by atoms with Gasteiger partial charge in [0, 0.05) is 12.1 Å². The quantitative estimate of drug-likeness (QED) is 0.643. The second-order valence-corrected chi connectivity index (χ2v) is 5.12. The SMILES string of the molecule is O=C(c1ccc([N+](=O)[O-])o1)N1C2CCC1CC(O)C2. The molecule has 1 amide bonds. The lowest BCUT2D eigenvalue weighted by Crippen LogP contribution is -2.47. The van der Waals surface area contributed by atoms with Crippen LogP contribution in [-0.4, -0.2) is 39.0 Å². The van der Waals surface area contributed by atoms with Gasteiger partial charge in [-0.2, -0.15) is 0 Å². The highest BCUT2D eigenvalue weighted by atomic mass is 16.6. The summed E-state index contributed by atoms with van der Waals surface area (Å²) in [5, 5.41) is 20.2. The Morgan fingerprint density at radius 1 is 1.37 bits per heavy atom. The van der Waals surface area contributed by atoms with Crippen molar-refractivity contribution in [3.8, 4) is 0 Å². The zero-order chi connectivity index (χ0) is 13.6. The number of amides is 1. The number of carbonyl (C=O) groups is 1. The Balaban J connectivity index is 1.82. The molecule has 7 nitrogen and oxygen atoms in total. The molecule has 7 heteroatoms. The zero-order valence-corrected chi connectivity index (χ0v) is 10.2. The molecule has 0 spiro atoms. The first-order valence-electron chi connectivity index (χ1n) is 6.31. The van der Waals surface area contributed by atoms with Crippen molar-refractivity contribution in [3.05, 3.63) is 28.0 Å². The molecule has 0 radical (unpaired) electrons. The number of furan rings is 1. The topological polar surface area (TPSA) is 96.8 Å². The van der Waals surface area contributed by atoms with Crippen molar-refractivity contribution in [2.75, 3.05) is 0 Å². The summed E-state index contributed by atoms with van der Waals surface area (Å²) in [4.78, 5) is 23.9. The molecule has 2 aliphatic rings. The molecule has 2 unspecified atom stereocenters. The maximum atomic E-state index is 12.3. The highest BCUT2D eigenvalue weighted by Gasteiger charge is 2.43. The van der Waals surface area contributed by atoms with Crippen molar-refractivity contribution in [1.82, 2.24) is 4.90 Å². The molecule has 2 fully saturated rings. The first-order chi connectivity index (χ1) is 9.06. The van der Waals surface area contributed by atoms with Gasteiger partial charge in [0.1, 0.15) is 4.92 Å². The van der Waals surface area contributed by atoms with E-state index >= 15 is 0 Å². The van der Waals surface area contributed by atoms with Crippen molar-refractivity contribution in [3.63, 3.8) is 0 Å². The number of nitrogens with zero attached hydrogens (tertiary/aromatic N) is 2. The second-order valence-electron chi connectivity index (χ2n) is 5.12. The van der Waals surface area contributed by atoms with Crippen LogP contribution in [0.5, 0.6) is 0 Å². The van der Waals surface area contributed by atoms with Gasteiger partial charge >= 0.3 is 5.88 Å². The molecule has 0 aliphatic carbocycles. The van der Waals surface area contributed by atoms with Gasteiger partial charge in [-0.15, -0.1) is 0 Å². The van der Waals surface area contributed by atoms with Crippen molar-refractivity contribution in [2.24, 2.45) is 0 Å². The van der Waals surface area contributed by atoms with Crippen LogP contribution in [0.2, 0.25) is 0 Å². The molecule has 1 aromatic heterocycles. The van der Waals surface area contributed by atoms with Gasteiger partial charge in [0.2, 0.25) is 0 Å². The van der Waals surface area contributed by atoms with E-state index in [4.69, 9.17) is 4.42 Å². The van der Waals surface area contributed by atoms with Gasteiger partial charge in [0.25, 0.3) is 5.91 Å². The minimum Gasteiger partial charge on any atom is -0.395 e. The van der Waals surface area contributed by atoms with Crippen LogP contribution >= 0.6 is 0 Å². The van der Waals surface area contributed by atoms with Crippen LogP contribution in [0.4, 0.5) is 5.88 Å². The Kier molecular flexibility index (Phi) is 2.78. The van der Waals surface area contributed by atoms with Crippen LogP contribution < -0.4 is 0 Å². The van der Waals surface area contributed by atoms with Gasteiger partial charge in [-0.1, -0.05) is 0 Å². The highest BCUT2D eigenvalue weighted by Crippen LogP contribution is 2.37. The van der Waals surface area contributed by atoms with E-state index < -0.39 is 10.8 Å². The number of rotatable bonds is 2. The lowest BCUT2D eigenvalue weighted by molar-refractivity contribution is -0.402. The van der Waals surface area contributed by atoms with Gasteiger partial charge < -0.3 is 14.4 Å². The Bertz CT molecular complexity index is 512. The maximum Gasteiger partial charge on any atom is 0.433 e. The Hall–Kier alpha value is -1.89. The zero-order valence-electron chi connectivity index (χ0n) is 10.2. The molecule has 1 aromatic rings. The van der Waals surface area contributed by atoms with Gasteiger partial charge in [0.05, 0.1) is 12.2 Å². The number of nitro groups is 1. The Morgan fingerprint density at radius 2 is 2.00 bits per heavy atom. The summed E-state index contributed by atoms with van der Waals surface area (Å²) in [6.45, 7) is 0. The monoisotopic (exact) mass is 266 g/mol. The van der Waals surface area contributed by atoms with E-state index in [2.05, 4.69) is 0 Å². The normalized spacial score (nSPS) is 29.5. The smallest absolute Gasteiger partial charge is 0.395 e. The fraction of sp³-hybridized carbons (Fsp3) is 0.583. The van der Waals surface area contributed by atoms with E-state index in [0.29, 0.717) is 12.8 Å². The molecular formula is C12H14N2O5. The van der Waals surface area contributed by atoms with Crippen molar-refractivity contribution in [1.29, 1.82) is 0 Å². The molecule has 3 heterocycles. The number of piperidine rings is 1. The summed E-state index contributed by atoms with van der Waals surface area (Å²) in [6, 6.07) is 2.56. The molecule has 19 heavy (non-hydrogen) atoms. The lowest BCUT2D eigenvalue weighted by Gasteiger charge is -2.36. The molecule has 2 bridgehead atoms. The van der Waals surface area contributed by atoms with E-state index in [1.807, 2.05) is 0 Å². The highest BCUT2D eigenvalue weighted by molar-refractivity contribution is 5.92. The molecule has 2 atom stereocenters. The van der Waals surface area contributed by atoms with Crippen LogP contribution in [0.1, 0.15) is 36.2 Å². The average Bonchev–Trinajstić information content (AvgIpc) is 2.93. The molecule has 3 rings (SSSR count). The van der Waals surface area contributed by atoms with E-state index in [9.17, 15) is 20.0 Å². The predicted molar refractivity (Wildman–Crippen MR) is 63.6 cm³/mol. The third-order valence-electron chi connectivity index (χ3n) is 3.93.